The molecule has 2 rings (SSSR count). The average Bonchev–Trinajstić information content (AvgIpc) is 2.88. The number of carboxylic acids is 1. The van der Waals surface area contributed by atoms with Gasteiger partial charge in [0.25, 0.3) is 0 Å². The van der Waals surface area contributed by atoms with Crippen molar-refractivity contribution >= 4 is 19.1 Å². The van der Waals surface area contributed by atoms with Crippen molar-refractivity contribution in [3.8, 4) is 0 Å². The van der Waals surface area contributed by atoms with Gasteiger partial charge in [-0.3, -0.25) is 4.79 Å². The number of esters is 1. The van der Waals surface area contributed by atoms with Crippen LogP contribution in [0.1, 0.15) is 67.2 Å². The SMILES string of the molecule is COC(=O)CC(B1OC(C)(C)C(C)(C)O1)c1[nH]c(C)c(C(=O)O)c1C. The summed E-state index contributed by atoms with van der Waals surface area (Å²) < 4.78 is 17.0. The van der Waals surface area contributed by atoms with E-state index in [9.17, 15) is 14.7 Å². The van der Waals surface area contributed by atoms with Crippen LogP contribution in [0.25, 0.3) is 0 Å². The summed E-state index contributed by atoms with van der Waals surface area (Å²) in [6.45, 7) is 11.1. The molecular weight excluding hydrogens is 325 g/mol. The number of aromatic nitrogens is 1. The second-order valence-electron chi connectivity index (χ2n) is 7.48. The fourth-order valence-corrected chi connectivity index (χ4v) is 3.12. The molecule has 7 nitrogen and oxygen atoms in total. The molecule has 2 heterocycles. The summed E-state index contributed by atoms with van der Waals surface area (Å²) >= 11 is 0. The number of carbonyl (C=O) groups excluding carboxylic acids is 1. The van der Waals surface area contributed by atoms with Gasteiger partial charge in [0, 0.05) is 17.2 Å². The van der Waals surface area contributed by atoms with Gasteiger partial charge in [0.15, 0.2) is 0 Å². The molecule has 25 heavy (non-hydrogen) atoms. The molecule has 1 aromatic rings. The molecule has 1 atom stereocenters. The number of hydrogen-bond acceptors (Lipinski definition) is 5. The highest BCUT2D eigenvalue weighted by Crippen LogP contribution is 2.42. The highest BCUT2D eigenvalue weighted by molar-refractivity contribution is 6.48. The third kappa shape index (κ3) is 3.46. The number of aromatic amines is 1. The molecule has 0 spiro atoms. The Bertz CT molecular complexity index is 678. The average molecular weight is 351 g/mol. The highest BCUT2D eigenvalue weighted by Gasteiger charge is 2.55. The van der Waals surface area contributed by atoms with Crippen LogP contribution in [0.3, 0.4) is 0 Å². The minimum Gasteiger partial charge on any atom is -0.478 e. The molecular formula is C17H26BNO6. The van der Waals surface area contributed by atoms with Crippen LogP contribution in [-0.2, 0) is 18.8 Å². The summed E-state index contributed by atoms with van der Waals surface area (Å²) in [6.07, 6.45) is 0.0210. The van der Waals surface area contributed by atoms with Crippen molar-refractivity contribution in [1.29, 1.82) is 0 Å². The van der Waals surface area contributed by atoms with E-state index in [1.54, 1.807) is 13.8 Å². The van der Waals surface area contributed by atoms with Crippen molar-refractivity contribution in [2.45, 2.75) is 65.0 Å². The van der Waals surface area contributed by atoms with Crippen molar-refractivity contribution in [3.05, 3.63) is 22.5 Å². The molecule has 0 bridgehead atoms. The molecule has 8 heteroatoms. The van der Waals surface area contributed by atoms with Gasteiger partial charge in [0.2, 0.25) is 0 Å². The standard InChI is InChI=1S/C17H26BNO6/c1-9-13(15(21)22)10(2)19-14(9)11(8-12(20)23-7)18-24-16(3,4)17(5,6)25-18/h11,19H,8H2,1-7H3,(H,21,22). The zero-order chi connectivity index (χ0) is 19.2. The monoisotopic (exact) mass is 351 g/mol. The van der Waals surface area contributed by atoms with Crippen molar-refractivity contribution < 1.29 is 28.7 Å². The Labute approximate surface area is 148 Å². The number of ether oxygens (including phenoxy) is 1. The van der Waals surface area contributed by atoms with Crippen LogP contribution in [0.15, 0.2) is 0 Å². The van der Waals surface area contributed by atoms with Gasteiger partial charge in [-0.2, -0.15) is 0 Å². The Morgan fingerprint density at radius 2 is 1.72 bits per heavy atom. The largest absolute Gasteiger partial charge is 0.478 e. The number of H-pyrrole nitrogens is 1. The van der Waals surface area contributed by atoms with Gasteiger partial charge in [-0.25, -0.2) is 4.79 Å². The van der Waals surface area contributed by atoms with Gasteiger partial charge in [0.1, 0.15) is 0 Å². The first-order chi connectivity index (χ1) is 11.4. The first-order valence-electron chi connectivity index (χ1n) is 8.26. The molecule has 0 aliphatic carbocycles. The Morgan fingerprint density at radius 1 is 1.20 bits per heavy atom. The van der Waals surface area contributed by atoms with Gasteiger partial charge in [-0.05, 0) is 47.1 Å². The van der Waals surface area contributed by atoms with Gasteiger partial charge < -0.3 is 24.1 Å². The van der Waals surface area contributed by atoms with E-state index >= 15 is 0 Å². The minimum absolute atomic E-state index is 0.0210. The van der Waals surface area contributed by atoms with E-state index in [4.69, 9.17) is 14.0 Å². The molecule has 1 aliphatic rings. The van der Waals surface area contributed by atoms with Crippen LogP contribution in [0, 0.1) is 13.8 Å². The van der Waals surface area contributed by atoms with Crippen LogP contribution >= 0.6 is 0 Å². The smallest absolute Gasteiger partial charge is 0.467 e. The molecule has 138 valence electrons. The molecule has 1 aromatic heterocycles. The first-order valence-corrected chi connectivity index (χ1v) is 8.26. The lowest BCUT2D eigenvalue weighted by Crippen LogP contribution is -2.41. The minimum atomic E-state index is -1.01. The Morgan fingerprint density at radius 3 is 2.12 bits per heavy atom. The predicted molar refractivity (Wildman–Crippen MR) is 92.7 cm³/mol. The summed E-state index contributed by atoms with van der Waals surface area (Å²) in [7, 11) is 0.626. The summed E-state index contributed by atoms with van der Waals surface area (Å²) in [5.41, 5.74) is 0.828. The maximum atomic E-state index is 11.9. The maximum absolute atomic E-state index is 11.9. The summed E-state index contributed by atoms with van der Waals surface area (Å²) in [5.74, 6) is -1.92. The van der Waals surface area contributed by atoms with Gasteiger partial charge in [-0.1, -0.05) is 0 Å². The third-order valence-electron chi connectivity index (χ3n) is 5.28. The van der Waals surface area contributed by atoms with Gasteiger partial charge in [-0.15, -0.1) is 0 Å². The highest BCUT2D eigenvalue weighted by atomic mass is 16.7. The molecule has 1 fully saturated rings. The van der Waals surface area contributed by atoms with Crippen LogP contribution < -0.4 is 0 Å². The van der Waals surface area contributed by atoms with E-state index < -0.39 is 36.1 Å². The second-order valence-corrected chi connectivity index (χ2v) is 7.48. The van der Waals surface area contributed by atoms with Crippen LogP contribution in [0.4, 0.5) is 0 Å². The van der Waals surface area contributed by atoms with Crippen LogP contribution in [-0.4, -0.2) is 47.5 Å². The zero-order valence-corrected chi connectivity index (χ0v) is 15.9. The van der Waals surface area contributed by atoms with E-state index in [0.29, 0.717) is 17.0 Å². The normalized spacial score (nSPS) is 19.7. The number of carbonyl (C=O) groups is 2. The van der Waals surface area contributed by atoms with E-state index in [2.05, 4.69) is 4.98 Å². The van der Waals surface area contributed by atoms with Gasteiger partial charge >= 0.3 is 19.1 Å². The first kappa shape index (κ1) is 19.5. The fraction of sp³-hybridized carbons (Fsp3) is 0.647. The molecule has 2 N–H and O–H groups in total. The Hall–Kier alpha value is -1.80. The van der Waals surface area contributed by atoms with Crippen LogP contribution in [0.2, 0.25) is 0 Å². The second kappa shape index (κ2) is 6.50. The Kier molecular flexibility index (Phi) is 5.07. The lowest BCUT2D eigenvalue weighted by atomic mass is 9.67. The van der Waals surface area contributed by atoms with Crippen molar-refractivity contribution in [1.82, 2.24) is 4.98 Å². The van der Waals surface area contributed by atoms with E-state index in [-0.39, 0.29) is 12.0 Å². The number of nitrogens with one attached hydrogen (secondary N) is 1. The summed E-state index contributed by atoms with van der Waals surface area (Å²) in [4.78, 5) is 26.6. The van der Waals surface area contributed by atoms with Crippen molar-refractivity contribution in [3.63, 3.8) is 0 Å². The van der Waals surface area contributed by atoms with E-state index in [1.807, 2.05) is 27.7 Å². The van der Waals surface area contributed by atoms with Crippen molar-refractivity contribution in [2.75, 3.05) is 7.11 Å². The van der Waals surface area contributed by atoms with E-state index in [1.165, 1.54) is 7.11 Å². The number of aryl methyl sites for hydroxylation is 1. The molecule has 0 aromatic carbocycles. The molecule has 1 aliphatic heterocycles. The lowest BCUT2D eigenvalue weighted by Gasteiger charge is -2.32. The van der Waals surface area contributed by atoms with Crippen molar-refractivity contribution in [2.24, 2.45) is 0 Å². The molecule has 1 saturated heterocycles. The topological polar surface area (TPSA) is 97.9 Å². The van der Waals surface area contributed by atoms with Crippen LogP contribution in [0.5, 0.6) is 0 Å². The number of hydrogen-bond donors (Lipinski definition) is 2. The molecule has 0 saturated carbocycles. The molecule has 1 unspecified atom stereocenters. The number of methoxy groups -OCH3 is 1. The lowest BCUT2D eigenvalue weighted by molar-refractivity contribution is -0.140. The number of rotatable bonds is 5. The molecule has 0 amide bonds. The summed E-state index contributed by atoms with van der Waals surface area (Å²) in [6, 6.07) is 0. The molecule has 0 radical (unpaired) electrons. The zero-order valence-electron chi connectivity index (χ0n) is 15.9. The summed E-state index contributed by atoms with van der Waals surface area (Å²) in [5, 5.41) is 9.43. The van der Waals surface area contributed by atoms with E-state index in [0.717, 1.165) is 0 Å². The quantitative estimate of drug-likeness (QED) is 0.625. The Balaban J connectivity index is 2.47. The predicted octanol–water partition coefficient (Wildman–Crippen LogP) is 2.61. The van der Waals surface area contributed by atoms with Gasteiger partial charge in [0.05, 0.1) is 30.3 Å². The maximum Gasteiger partial charge on any atom is 0.467 e. The number of aromatic carboxylic acids is 1. The third-order valence-corrected chi connectivity index (χ3v) is 5.28. The fourth-order valence-electron chi connectivity index (χ4n) is 3.12. The number of carboxylic acid groups (broad SMARTS) is 1.